The second-order valence-electron chi connectivity index (χ2n) is 6.86. The highest BCUT2D eigenvalue weighted by molar-refractivity contribution is 9.10. The number of amides is 1. The van der Waals surface area contributed by atoms with E-state index in [1.54, 1.807) is 4.90 Å². The van der Waals surface area contributed by atoms with E-state index in [-0.39, 0.29) is 12.3 Å². The quantitative estimate of drug-likeness (QED) is 0.216. The molecule has 0 aromatic heterocycles. The molecule has 28 heavy (non-hydrogen) atoms. The average Bonchev–Trinajstić information content (AvgIpc) is 2.92. The molecule has 1 fully saturated rings. The number of nitrogens with zero attached hydrogens (tertiary/aromatic N) is 1. The van der Waals surface area contributed by atoms with Crippen LogP contribution >= 0.6 is 39.9 Å². The molecule has 1 heterocycles. The predicted molar refractivity (Wildman–Crippen MR) is 123 cm³/mol. The minimum atomic E-state index is -0.706. The zero-order valence-electron chi connectivity index (χ0n) is 15.9. The predicted octanol–water partition coefficient (Wildman–Crippen LogP) is 6.25. The van der Waals surface area contributed by atoms with Crippen molar-refractivity contribution in [3.8, 4) is 0 Å². The van der Waals surface area contributed by atoms with Crippen LogP contribution in [0.3, 0.4) is 0 Å². The maximum atomic E-state index is 12.6. The molecule has 152 valence electrons. The number of halogens is 1. The second-order valence-corrected chi connectivity index (χ2v) is 9.45. The van der Waals surface area contributed by atoms with E-state index in [9.17, 15) is 9.59 Å². The van der Waals surface area contributed by atoms with Gasteiger partial charge >= 0.3 is 5.97 Å². The lowest BCUT2D eigenvalue weighted by Crippen LogP contribution is -2.29. The van der Waals surface area contributed by atoms with Crippen molar-refractivity contribution in [1.82, 2.24) is 4.90 Å². The number of hydrogen-bond acceptors (Lipinski definition) is 4. The van der Waals surface area contributed by atoms with E-state index < -0.39 is 5.97 Å². The van der Waals surface area contributed by atoms with Crippen LogP contribution in [0.5, 0.6) is 0 Å². The van der Waals surface area contributed by atoms with Crippen LogP contribution in [-0.2, 0) is 9.59 Å². The maximum Gasteiger partial charge on any atom is 0.303 e. The summed E-state index contributed by atoms with van der Waals surface area (Å²) in [5, 5.41) is 8.60. The minimum Gasteiger partial charge on any atom is -0.481 e. The Hall–Kier alpha value is -1.18. The summed E-state index contributed by atoms with van der Waals surface area (Å²) in [5.74, 6) is -0.696. The molecular weight excluding hydrogens is 458 g/mol. The first kappa shape index (κ1) is 23.1. The Bertz CT molecular complexity index is 719. The molecule has 2 rings (SSSR count). The molecule has 0 atom stereocenters. The van der Waals surface area contributed by atoms with Crippen molar-refractivity contribution in [2.75, 3.05) is 6.54 Å². The molecule has 0 bridgehead atoms. The number of rotatable bonds is 12. The van der Waals surface area contributed by atoms with Gasteiger partial charge in [0.05, 0.1) is 4.91 Å². The van der Waals surface area contributed by atoms with Crippen LogP contribution in [0, 0.1) is 0 Å². The second kappa shape index (κ2) is 12.4. The molecule has 4 nitrogen and oxygen atoms in total. The summed E-state index contributed by atoms with van der Waals surface area (Å²) in [7, 11) is 0. The number of carbonyl (C=O) groups excluding carboxylic acids is 1. The smallest absolute Gasteiger partial charge is 0.303 e. The normalized spacial score (nSPS) is 15.6. The van der Waals surface area contributed by atoms with Crippen molar-refractivity contribution in [2.24, 2.45) is 0 Å². The van der Waals surface area contributed by atoms with Crippen LogP contribution in [0.25, 0.3) is 6.08 Å². The molecule has 1 aromatic rings. The highest BCUT2D eigenvalue weighted by Crippen LogP contribution is 2.33. The molecule has 0 spiro atoms. The molecule has 1 amide bonds. The summed E-state index contributed by atoms with van der Waals surface area (Å²) < 4.78 is 1.66. The van der Waals surface area contributed by atoms with Crippen molar-refractivity contribution in [3.05, 3.63) is 39.2 Å². The fourth-order valence-electron chi connectivity index (χ4n) is 3.01. The van der Waals surface area contributed by atoms with Gasteiger partial charge in [0.25, 0.3) is 5.91 Å². The van der Waals surface area contributed by atoms with Crippen molar-refractivity contribution < 1.29 is 14.7 Å². The molecule has 1 aromatic carbocycles. The van der Waals surface area contributed by atoms with E-state index in [1.165, 1.54) is 11.8 Å². The largest absolute Gasteiger partial charge is 0.481 e. The third-order valence-electron chi connectivity index (χ3n) is 4.56. The van der Waals surface area contributed by atoms with Crippen molar-refractivity contribution in [2.45, 2.75) is 57.8 Å². The minimum absolute atomic E-state index is 0.0105. The van der Waals surface area contributed by atoms with Crippen molar-refractivity contribution in [1.29, 1.82) is 0 Å². The van der Waals surface area contributed by atoms with Gasteiger partial charge in [-0.2, -0.15) is 0 Å². The Morgan fingerprint density at radius 3 is 2.21 bits per heavy atom. The summed E-state index contributed by atoms with van der Waals surface area (Å²) in [4.78, 5) is 25.4. The Kier molecular flexibility index (Phi) is 10.2. The van der Waals surface area contributed by atoms with E-state index in [0.29, 0.717) is 15.8 Å². The van der Waals surface area contributed by atoms with Crippen LogP contribution in [-0.4, -0.2) is 32.7 Å². The Labute approximate surface area is 184 Å². The lowest BCUT2D eigenvalue weighted by atomic mass is 10.1. The molecule has 1 N–H and O–H groups in total. The van der Waals surface area contributed by atoms with Gasteiger partial charge in [-0.1, -0.05) is 90.6 Å². The first-order valence-corrected chi connectivity index (χ1v) is 11.7. The topological polar surface area (TPSA) is 57.6 Å². The highest BCUT2D eigenvalue weighted by atomic mass is 79.9. The third kappa shape index (κ3) is 8.05. The average molecular weight is 484 g/mol. The lowest BCUT2D eigenvalue weighted by Gasteiger charge is -2.14. The standard InChI is InChI=1S/C21H26BrNO3S2/c22-17-12-10-16(11-13-17)15-18-20(26)23(21(27)28-18)14-8-6-4-2-1-3-5-7-9-19(24)25/h10-13,15H,1-9,14H2,(H,24,25). The van der Waals surface area contributed by atoms with Crippen molar-refractivity contribution in [3.63, 3.8) is 0 Å². The molecule has 0 saturated carbocycles. The molecule has 1 aliphatic rings. The fraction of sp³-hybridized carbons (Fsp3) is 0.476. The van der Waals surface area contributed by atoms with E-state index in [0.717, 1.165) is 61.4 Å². The van der Waals surface area contributed by atoms with E-state index in [4.69, 9.17) is 17.3 Å². The number of benzene rings is 1. The Morgan fingerprint density at radius 1 is 1.04 bits per heavy atom. The van der Waals surface area contributed by atoms with Gasteiger partial charge in [0.15, 0.2) is 0 Å². The first-order chi connectivity index (χ1) is 13.5. The van der Waals surface area contributed by atoms with Crippen LogP contribution in [0.1, 0.15) is 63.4 Å². The van der Waals surface area contributed by atoms with E-state index in [1.807, 2.05) is 30.3 Å². The maximum absolute atomic E-state index is 12.6. The molecule has 0 radical (unpaired) electrons. The summed E-state index contributed by atoms with van der Waals surface area (Å²) in [5.41, 5.74) is 0.993. The monoisotopic (exact) mass is 483 g/mol. The van der Waals surface area contributed by atoms with Crippen molar-refractivity contribution >= 4 is 62.2 Å². The molecule has 0 aliphatic carbocycles. The number of thioether (sulfide) groups is 1. The van der Waals surface area contributed by atoms with Gasteiger partial charge in [-0.05, 0) is 36.6 Å². The number of carboxylic acids is 1. The third-order valence-corrected chi connectivity index (χ3v) is 6.47. The number of thiocarbonyl (C=S) groups is 1. The molecule has 1 saturated heterocycles. The van der Waals surface area contributed by atoms with Gasteiger partial charge in [-0.25, -0.2) is 0 Å². The Balaban J connectivity index is 1.64. The van der Waals surface area contributed by atoms with E-state index >= 15 is 0 Å². The summed E-state index contributed by atoms with van der Waals surface area (Å²) >= 11 is 10.2. The van der Waals surface area contributed by atoms with Gasteiger partial charge in [-0.3, -0.25) is 14.5 Å². The summed E-state index contributed by atoms with van der Waals surface area (Å²) in [6.07, 6.45) is 10.5. The van der Waals surface area contributed by atoms with Gasteiger partial charge in [0, 0.05) is 17.4 Å². The first-order valence-electron chi connectivity index (χ1n) is 9.70. The van der Waals surface area contributed by atoms with Gasteiger partial charge in [-0.15, -0.1) is 0 Å². The number of aliphatic carboxylic acids is 1. The summed E-state index contributed by atoms with van der Waals surface area (Å²) in [6, 6.07) is 7.86. The Morgan fingerprint density at radius 2 is 1.61 bits per heavy atom. The number of carboxylic acid groups (broad SMARTS) is 1. The van der Waals surface area contributed by atoms with Gasteiger partial charge < -0.3 is 5.11 Å². The van der Waals surface area contributed by atoms with Crippen LogP contribution in [0.4, 0.5) is 0 Å². The van der Waals surface area contributed by atoms with Gasteiger partial charge in [0.2, 0.25) is 0 Å². The number of unbranched alkanes of at least 4 members (excludes halogenated alkanes) is 7. The van der Waals surface area contributed by atoms with E-state index in [2.05, 4.69) is 15.9 Å². The van der Waals surface area contributed by atoms with Crippen LogP contribution in [0.2, 0.25) is 0 Å². The van der Waals surface area contributed by atoms with Crippen LogP contribution in [0.15, 0.2) is 33.6 Å². The van der Waals surface area contributed by atoms with Gasteiger partial charge in [0.1, 0.15) is 4.32 Å². The zero-order valence-corrected chi connectivity index (χ0v) is 19.1. The van der Waals surface area contributed by atoms with Crippen LogP contribution < -0.4 is 0 Å². The highest BCUT2D eigenvalue weighted by Gasteiger charge is 2.31. The molecular formula is C21H26BrNO3S2. The lowest BCUT2D eigenvalue weighted by molar-refractivity contribution is -0.137. The molecule has 1 aliphatic heterocycles. The SMILES string of the molecule is O=C(O)CCCCCCCCCCN1C(=O)C(=Cc2ccc(Br)cc2)SC1=S. The zero-order chi connectivity index (χ0) is 20.4. The number of carbonyl (C=O) groups is 2. The fourth-order valence-corrected chi connectivity index (χ4v) is 4.58. The number of hydrogen-bond donors (Lipinski definition) is 1. The summed E-state index contributed by atoms with van der Waals surface area (Å²) in [6.45, 7) is 0.682. The molecule has 0 unspecified atom stereocenters. The molecule has 7 heteroatoms.